The summed E-state index contributed by atoms with van der Waals surface area (Å²) in [7, 11) is 0. The van der Waals surface area contributed by atoms with Crippen LogP contribution in [0.4, 0.5) is 0 Å². The number of hydrogen-bond donors (Lipinski definition) is 9. The highest BCUT2D eigenvalue weighted by Gasteiger charge is 2.46. The summed E-state index contributed by atoms with van der Waals surface area (Å²) < 4.78 is 22.2. The van der Waals surface area contributed by atoms with Gasteiger partial charge < -0.3 is 64.6 Å². The Morgan fingerprint density at radius 3 is 1.98 bits per heavy atom. The molecule has 2 saturated heterocycles. The number of aliphatic hydroxyl groups excluding tert-OH is 8. The molecular formula is C27H30O14. The molecule has 3 heterocycles. The molecule has 0 bridgehead atoms. The van der Waals surface area contributed by atoms with Crippen molar-refractivity contribution in [3.8, 4) is 22.8 Å². The highest BCUT2D eigenvalue weighted by molar-refractivity contribution is 5.81. The van der Waals surface area contributed by atoms with E-state index in [1.807, 2.05) is 0 Å². The van der Waals surface area contributed by atoms with Gasteiger partial charge in [0.25, 0.3) is 0 Å². The lowest BCUT2D eigenvalue weighted by atomic mass is 9.90. The first-order chi connectivity index (χ1) is 19.5. The van der Waals surface area contributed by atoms with Gasteiger partial charge in [0.15, 0.2) is 5.43 Å². The zero-order chi connectivity index (χ0) is 29.6. The lowest BCUT2D eigenvalue weighted by molar-refractivity contribution is -0.277. The summed E-state index contributed by atoms with van der Waals surface area (Å²) in [6.45, 7) is -1.27. The van der Waals surface area contributed by atoms with E-state index in [0.29, 0.717) is 5.56 Å². The van der Waals surface area contributed by atoms with Crippen molar-refractivity contribution in [1.82, 2.24) is 0 Å². The highest BCUT2D eigenvalue weighted by Crippen LogP contribution is 2.38. The van der Waals surface area contributed by atoms with E-state index < -0.39 is 85.6 Å². The smallest absolute Gasteiger partial charge is 0.229 e. The number of phenolic OH excluding ortho intramolecular Hbond substituents is 1. The van der Waals surface area contributed by atoms with E-state index in [4.69, 9.17) is 18.6 Å². The fourth-order valence-corrected chi connectivity index (χ4v) is 4.93. The fraction of sp³-hybridized carbons (Fsp3) is 0.444. The van der Waals surface area contributed by atoms with Gasteiger partial charge in [-0.1, -0.05) is 0 Å². The highest BCUT2D eigenvalue weighted by atomic mass is 16.7. The van der Waals surface area contributed by atoms with Crippen LogP contribution in [0.25, 0.3) is 22.3 Å². The Bertz CT molecular complexity index is 1420. The molecule has 1 aromatic heterocycles. The first-order valence-electron chi connectivity index (χ1n) is 12.7. The van der Waals surface area contributed by atoms with Gasteiger partial charge in [0.05, 0.1) is 18.6 Å². The Balaban J connectivity index is 1.39. The molecule has 0 saturated carbocycles. The molecule has 10 atom stereocenters. The summed E-state index contributed by atoms with van der Waals surface area (Å²) in [5.41, 5.74) is -0.125. The molecule has 0 unspecified atom stereocenters. The number of phenols is 1. The van der Waals surface area contributed by atoms with E-state index in [0.717, 1.165) is 6.07 Å². The quantitative estimate of drug-likeness (QED) is 0.152. The zero-order valence-corrected chi connectivity index (χ0v) is 21.3. The van der Waals surface area contributed by atoms with Crippen molar-refractivity contribution in [2.24, 2.45) is 0 Å². The van der Waals surface area contributed by atoms with Crippen molar-refractivity contribution < 1.29 is 64.6 Å². The molecule has 41 heavy (non-hydrogen) atoms. The van der Waals surface area contributed by atoms with Gasteiger partial charge in [0.1, 0.15) is 77.8 Å². The molecule has 2 fully saturated rings. The molecule has 222 valence electrons. The summed E-state index contributed by atoms with van der Waals surface area (Å²) >= 11 is 0. The number of rotatable bonds is 6. The van der Waals surface area contributed by atoms with Crippen LogP contribution in [-0.2, 0) is 9.47 Å². The number of benzene rings is 2. The van der Waals surface area contributed by atoms with Gasteiger partial charge in [-0.05, 0) is 30.3 Å². The third kappa shape index (κ3) is 5.42. The van der Waals surface area contributed by atoms with Crippen LogP contribution in [0.2, 0.25) is 0 Å². The number of hydrogen-bond acceptors (Lipinski definition) is 14. The van der Waals surface area contributed by atoms with Crippen LogP contribution >= 0.6 is 0 Å². The van der Waals surface area contributed by atoms with Crippen molar-refractivity contribution >= 4 is 11.0 Å². The van der Waals surface area contributed by atoms with Crippen LogP contribution < -0.4 is 10.2 Å². The van der Waals surface area contributed by atoms with Crippen molar-refractivity contribution in [3.63, 3.8) is 0 Å². The van der Waals surface area contributed by atoms with Gasteiger partial charge in [-0.2, -0.15) is 0 Å². The fourth-order valence-electron chi connectivity index (χ4n) is 4.93. The summed E-state index contributed by atoms with van der Waals surface area (Å²) in [5.74, 6) is -0.102. The largest absolute Gasteiger partial charge is 0.507 e. The lowest BCUT2D eigenvalue weighted by Gasteiger charge is -2.40. The molecule has 2 aliphatic rings. The molecule has 0 radical (unpaired) electrons. The summed E-state index contributed by atoms with van der Waals surface area (Å²) in [5, 5.41) is 90.0. The predicted octanol–water partition coefficient (Wildman–Crippen LogP) is -2.14. The third-order valence-electron chi connectivity index (χ3n) is 7.31. The second-order valence-electron chi connectivity index (χ2n) is 9.97. The molecule has 2 aliphatic heterocycles. The minimum Gasteiger partial charge on any atom is -0.507 e. The number of aliphatic hydroxyl groups is 8. The van der Waals surface area contributed by atoms with E-state index in [-0.39, 0.29) is 28.0 Å². The molecule has 0 spiro atoms. The number of aromatic hydroxyl groups is 1. The average Bonchev–Trinajstić information content (AvgIpc) is 2.96. The molecule has 2 aromatic carbocycles. The second-order valence-corrected chi connectivity index (χ2v) is 9.97. The normalized spacial score (nSPS) is 34.0. The van der Waals surface area contributed by atoms with Crippen LogP contribution in [0.15, 0.2) is 51.7 Å². The molecule has 3 aromatic rings. The van der Waals surface area contributed by atoms with E-state index in [2.05, 4.69) is 0 Å². The summed E-state index contributed by atoms with van der Waals surface area (Å²) in [4.78, 5) is 13.0. The minimum atomic E-state index is -1.67. The molecule has 5 rings (SSSR count). The molecule has 9 N–H and O–H groups in total. The standard InChI is InChI=1S/C27H30O14/c28-8-18-20(32)22(34)24(36)26(40-18)13-5-12-14(30)6-16(39-17(12)7-15(13)31)10-1-3-11(4-2-10)38-27-25(37)23(35)21(33)19(9-29)41-27/h1-7,18-29,31-37H,8-9H2/t18-,19+,20-,21+,22+,23-,24-,25+,26+,27+/m1/s1. The topological polar surface area (TPSA) is 240 Å². The van der Waals surface area contributed by atoms with Crippen molar-refractivity contribution in [2.75, 3.05) is 13.2 Å². The molecule has 0 amide bonds. The summed E-state index contributed by atoms with van der Waals surface area (Å²) in [6.07, 6.45) is -14.7. The molecule has 14 heteroatoms. The van der Waals surface area contributed by atoms with Gasteiger partial charge in [0, 0.05) is 23.3 Å². The lowest BCUT2D eigenvalue weighted by Crippen LogP contribution is -2.60. The number of fused-ring (bicyclic) bond motifs is 1. The van der Waals surface area contributed by atoms with Crippen molar-refractivity contribution in [3.05, 3.63) is 58.3 Å². The van der Waals surface area contributed by atoms with Crippen molar-refractivity contribution in [2.45, 2.75) is 61.2 Å². The SMILES string of the molecule is O=c1cc(-c2ccc(O[C@H]3O[C@@H](CO)[C@H](O)[C@@H](O)[C@@H]3O)cc2)oc2cc(O)c([C@@H]3O[C@H](CO)[C@@H](O)[C@H](O)[C@H]3O)cc12. The van der Waals surface area contributed by atoms with Gasteiger partial charge in [-0.3, -0.25) is 4.79 Å². The monoisotopic (exact) mass is 578 g/mol. The Hall–Kier alpha value is -3.15. The Kier molecular flexibility index (Phi) is 8.31. The Morgan fingerprint density at radius 2 is 1.34 bits per heavy atom. The Morgan fingerprint density at radius 1 is 0.732 bits per heavy atom. The maximum absolute atomic E-state index is 13.0. The van der Waals surface area contributed by atoms with Crippen LogP contribution in [0.3, 0.4) is 0 Å². The van der Waals surface area contributed by atoms with E-state index >= 15 is 0 Å². The van der Waals surface area contributed by atoms with E-state index in [9.17, 15) is 50.8 Å². The third-order valence-corrected chi connectivity index (χ3v) is 7.31. The maximum Gasteiger partial charge on any atom is 0.229 e. The van der Waals surface area contributed by atoms with Gasteiger partial charge in [0.2, 0.25) is 6.29 Å². The first-order valence-corrected chi connectivity index (χ1v) is 12.7. The zero-order valence-electron chi connectivity index (χ0n) is 21.3. The van der Waals surface area contributed by atoms with Crippen LogP contribution in [-0.4, -0.2) is 114 Å². The Labute approximate surface area is 231 Å². The number of ether oxygens (including phenoxy) is 3. The van der Waals surface area contributed by atoms with Crippen LogP contribution in [0, 0.1) is 0 Å². The second kappa shape index (κ2) is 11.6. The average molecular weight is 579 g/mol. The molecule has 14 nitrogen and oxygen atoms in total. The van der Waals surface area contributed by atoms with E-state index in [1.165, 1.54) is 36.4 Å². The van der Waals surface area contributed by atoms with Crippen LogP contribution in [0.5, 0.6) is 11.5 Å². The van der Waals surface area contributed by atoms with Crippen molar-refractivity contribution in [1.29, 1.82) is 0 Å². The maximum atomic E-state index is 13.0. The minimum absolute atomic E-state index is 0.0000133. The predicted molar refractivity (Wildman–Crippen MR) is 137 cm³/mol. The molecular weight excluding hydrogens is 548 g/mol. The van der Waals surface area contributed by atoms with Crippen LogP contribution in [0.1, 0.15) is 11.7 Å². The first kappa shape index (κ1) is 29.3. The van der Waals surface area contributed by atoms with Gasteiger partial charge >= 0.3 is 0 Å². The summed E-state index contributed by atoms with van der Waals surface area (Å²) in [6, 6.07) is 9.60. The van der Waals surface area contributed by atoms with Gasteiger partial charge in [-0.15, -0.1) is 0 Å². The molecule has 0 aliphatic carbocycles. The van der Waals surface area contributed by atoms with Gasteiger partial charge in [-0.25, -0.2) is 0 Å². The van der Waals surface area contributed by atoms with E-state index in [1.54, 1.807) is 0 Å².